The molecule has 1 rings (SSSR count). The average molecular weight is 171 g/mol. The Bertz CT molecular complexity index is 117. The second kappa shape index (κ2) is 4.83. The fraction of sp³-hybridized carbons (Fsp3) is 1.00. The van der Waals surface area contributed by atoms with E-state index in [1.807, 2.05) is 7.05 Å². The maximum atomic E-state index is 5.88. The minimum atomic E-state index is 0.493. The summed E-state index contributed by atoms with van der Waals surface area (Å²) in [6.45, 7) is 4.39. The van der Waals surface area contributed by atoms with Crippen LogP contribution in [0.15, 0.2) is 0 Å². The molecule has 12 heavy (non-hydrogen) atoms. The highest BCUT2D eigenvalue weighted by Gasteiger charge is 2.29. The zero-order valence-electron chi connectivity index (χ0n) is 8.47. The van der Waals surface area contributed by atoms with E-state index in [9.17, 15) is 0 Å². The maximum Gasteiger partial charge on any atom is 0.0608 e. The summed E-state index contributed by atoms with van der Waals surface area (Å²) in [5, 5.41) is 3.26. The Morgan fingerprint density at radius 2 is 1.92 bits per heavy atom. The van der Waals surface area contributed by atoms with Gasteiger partial charge < -0.3 is 10.1 Å². The van der Waals surface area contributed by atoms with Crippen LogP contribution in [-0.4, -0.2) is 25.3 Å². The van der Waals surface area contributed by atoms with Gasteiger partial charge in [-0.3, -0.25) is 0 Å². The van der Waals surface area contributed by atoms with Gasteiger partial charge in [0.1, 0.15) is 0 Å². The molecule has 1 aliphatic rings. The van der Waals surface area contributed by atoms with E-state index < -0.39 is 0 Å². The van der Waals surface area contributed by atoms with Gasteiger partial charge in [0, 0.05) is 6.04 Å². The molecular formula is C10H21NO. The van der Waals surface area contributed by atoms with Gasteiger partial charge >= 0.3 is 0 Å². The zero-order valence-corrected chi connectivity index (χ0v) is 8.47. The third-order valence-electron chi connectivity index (χ3n) is 2.80. The highest BCUT2D eigenvalue weighted by molar-refractivity contribution is 4.85. The van der Waals surface area contributed by atoms with Crippen molar-refractivity contribution >= 4 is 0 Å². The summed E-state index contributed by atoms with van der Waals surface area (Å²) in [7, 11) is 2.03. The molecule has 0 aromatic rings. The SMILES string of the molecule is CCC(CC)OC1CC(NC)C1. The van der Waals surface area contributed by atoms with Crippen LogP contribution >= 0.6 is 0 Å². The standard InChI is InChI=1S/C10H21NO/c1-4-9(5-2)12-10-6-8(7-10)11-3/h8-11H,4-7H2,1-3H3. The van der Waals surface area contributed by atoms with E-state index in [4.69, 9.17) is 4.74 Å². The molecule has 2 heteroatoms. The molecule has 72 valence electrons. The predicted octanol–water partition coefficient (Wildman–Crippen LogP) is 1.94. The highest BCUT2D eigenvalue weighted by Crippen LogP contribution is 2.25. The van der Waals surface area contributed by atoms with E-state index in [0.29, 0.717) is 18.2 Å². The molecule has 0 unspecified atom stereocenters. The second-order valence-corrected chi connectivity index (χ2v) is 3.65. The number of nitrogens with one attached hydrogen (secondary N) is 1. The van der Waals surface area contributed by atoms with Gasteiger partial charge in [-0.15, -0.1) is 0 Å². The summed E-state index contributed by atoms with van der Waals surface area (Å²) in [5.74, 6) is 0. The Morgan fingerprint density at radius 3 is 2.33 bits per heavy atom. The Labute approximate surface area is 75.7 Å². The van der Waals surface area contributed by atoms with Crippen molar-refractivity contribution in [1.29, 1.82) is 0 Å². The Morgan fingerprint density at radius 1 is 1.33 bits per heavy atom. The maximum absolute atomic E-state index is 5.88. The summed E-state index contributed by atoms with van der Waals surface area (Å²) in [5.41, 5.74) is 0. The average Bonchev–Trinajstić information content (AvgIpc) is 2.03. The molecule has 0 radical (unpaired) electrons. The zero-order chi connectivity index (χ0) is 8.97. The Balaban J connectivity index is 2.09. The number of hydrogen-bond donors (Lipinski definition) is 1. The first-order valence-corrected chi connectivity index (χ1v) is 5.12. The fourth-order valence-electron chi connectivity index (χ4n) is 1.67. The van der Waals surface area contributed by atoms with E-state index in [1.165, 1.54) is 12.8 Å². The van der Waals surface area contributed by atoms with E-state index in [2.05, 4.69) is 19.2 Å². The molecule has 1 aliphatic carbocycles. The minimum absolute atomic E-state index is 0.493. The first-order chi connectivity index (χ1) is 5.80. The summed E-state index contributed by atoms with van der Waals surface area (Å²) < 4.78 is 5.88. The van der Waals surface area contributed by atoms with Crippen molar-refractivity contribution < 1.29 is 4.74 Å². The van der Waals surface area contributed by atoms with Gasteiger partial charge in [0.25, 0.3) is 0 Å². The molecule has 0 bridgehead atoms. The Hall–Kier alpha value is -0.0800. The van der Waals surface area contributed by atoms with Crippen molar-refractivity contribution in [2.75, 3.05) is 7.05 Å². The van der Waals surface area contributed by atoms with Gasteiger partial charge in [-0.05, 0) is 32.7 Å². The molecular weight excluding hydrogens is 150 g/mol. The lowest BCUT2D eigenvalue weighted by Crippen LogP contribution is -2.45. The van der Waals surface area contributed by atoms with Crippen LogP contribution < -0.4 is 5.32 Å². The molecule has 1 N–H and O–H groups in total. The van der Waals surface area contributed by atoms with Gasteiger partial charge in [0.15, 0.2) is 0 Å². The van der Waals surface area contributed by atoms with Crippen LogP contribution in [0.3, 0.4) is 0 Å². The molecule has 0 saturated heterocycles. The van der Waals surface area contributed by atoms with Crippen LogP contribution in [0.1, 0.15) is 39.5 Å². The largest absolute Gasteiger partial charge is 0.375 e. The molecule has 0 aromatic heterocycles. The minimum Gasteiger partial charge on any atom is -0.375 e. The van der Waals surface area contributed by atoms with Crippen molar-refractivity contribution in [2.24, 2.45) is 0 Å². The normalized spacial score (nSPS) is 29.0. The van der Waals surface area contributed by atoms with Crippen molar-refractivity contribution in [3.63, 3.8) is 0 Å². The Kier molecular flexibility index (Phi) is 4.02. The van der Waals surface area contributed by atoms with Crippen molar-refractivity contribution in [3.8, 4) is 0 Å². The van der Waals surface area contributed by atoms with Crippen LogP contribution in [0.4, 0.5) is 0 Å². The molecule has 0 aliphatic heterocycles. The monoisotopic (exact) mass is 171 g/mol. The van der Waals surface area contributed by atoms with E-state index in [1.54, 1.807) is 0 Å². The molecule has 0 heterocycles. The lowest BCUT2D eigenvalue weighted by Gasteiger charge is -2.37. The quantitative estimate of drug-likeness (QED) is 0.682. The third-order valence-corrected chi connectivity index (χ3v) is 2.80. The topological polar surface area (TPSA) is 21.3 Å². The molecule has 0 amide bonds. The molecule has 1 fully saturated rings. The smallest absolute Gasteiger partial charge is 0.0608 e. The summed E-state index contributed by atoms with van der Waals surface area (Å²) in [6.07, 6.45) is 5.73. The molecule has 1 saturated carbocycles. The van der Waals surface area contributed by atoms with Gasteiger partial charge in [0.05, 0.1) is 12.2 Å². The van der Waals surface area contributed by atoms with Gasteiger partial charge in [-0.25, -0.2) is 0 Å². The first-order valence-electron chi connectivity index (χ1n) is 5.12. The summed E-state index contributed by atoms with van der Waals surface area (Å²) >= 11 is 0. The molecule has 0 atom stereocenters. The highest BCUT2D eigenvalue weighted by atomic mass is 16.5. The van der Waals surface area contributed by atoms with Gasteiger partial charge in [-0.1, -0.05) is 13.8 Å². The lowest BCUT2D eigenvalue weighted by molar-refractivity contribution is -0.0656. The van der Waals surface area contributed by atoms with E-state index >= 15 is 0 Å². The van der Waals surface area contributed by atoms with Gasteiger partial charge in [0.2, 0.25) is 0 Å². The molecule has 0 spiro atoms. The number of rotatable bonds is 5. The number of hydrogen-bond acceptors (Lipinski definition) is 2. The van der Waals surface area contributed by atoms with Crippen molar-refractivity contribution in [1.82, 2.24) is 5.32 Å². The van der Waals surface area contributed by atoms with Crippen LogP contribution in [0, 0.1) is 0 Å². The summed E-state index contributed by atoms with van der Waals surface area (Å²) in [4.78, 5) is 0. The predicted molar refractivity (Wildman–Crippen MR) is 51.3 cm³/mol. The molecule has 2 nitrogen and oxygen atoms in total. The first kappa shape index (κ1) is 10.0. The van der Waals surface area contributed by atoms with Crippen LogP contribution in [0.25, 0.3) is 0 Å². The number of ether oxygens (including phenoxy) is 1. The van der Waals surface area contributed by atoms with Crippen molar-refractivity contribution in [2.45, 2.75) is 57.8 Å². The third kappa shape index (κ3) is 2.46. The van der Waals surface area contributed by atoms with Crippen LogP contribution in [-0.2, 0) is 4.74 Å². The second-order valence-electron chi connectivity index (χ2n) is 3.65. The summed E-state index contributed by atoms with van der Waals surface area (Å²) in [6, 6.07) is 0.712. The fourth-order valence-corrected chi connectivity index (χ4v) is 1.67. The van der Waals surface area contributed by atoms with Crippen molar-refractivity contribution in [3.05, 3.63) is 0 Å². The van der Waals surface area contributed by atoms with Crippen LogP contribution in [0.5, 0.6) is 0 Å². The van der Waals surface area contributed by atoms with Gasteiger partial charge in [-0.2, -0.15) is 0 Å². The molecule has 0 aromatic carbocycles. The van der Waals surface area contributed by atoms with E-state index in [-0.39, 0.29) is 0 Å². The van der Waals surface area contributed by atoms with E-state index in [0.717, 1.165) is 12.8 Å². The van der Waals surface area contributed by atoms with Crippen LogP contribution in [0.2, 0.25) is 0 Å². The lowest BCUT2D eigenvalue weighted by atomic mass is 9.89.